The highest BCUT2D eigenvalue weighted by Crippen LogP contribution is 2.20. The standard InChI is InChI=1S/C13H22BrN3O3/c1-4-13(19,5-2)9-15-10-8-16-17(6-7-20-3)12(18)11(10)14/h8,15,19H,4-7,9H2,1-3H3. The van der Waals surface area contributed by atoms with Gasteiger partial charge < -0.3 is 15.2 Å². The molecule has 1 rings (SSSR count). The van der Waals surface area contributed by atoms with E-state index in [0.717, 1.165) is 0 Å². The molecule has 0 amide bonds. The fourth-order valence-corrected chi connectivity index (χ4v) is 2.13. The van der Waals surface area contributed by atoms with Crippen LogP contribution in [0.15, 0.2) is 15.5 Å². The molecule has 0 radical (unpaired) electrons. The molecule has 6 nitrogen and oxygen atoms in total. The second-order valence-electron chi connectivity index (χ2n) is 4.68. The summed E-state index contributed by atoms with van der Waals surface area (Å²) < 4.78 is 6.68. The maximum atomic E-state index is 12.1. The van der Waals surface area contributed by atoms with Crippen LogP contribution in [0.4, 0.5) is 5.69 Å². The molecule has 0 unspecified atom stereocenters. The molecule has 0 spiro atoms. The Morgan fingerprint density at radius 3 is 2.70 bits per heavy atom. The maximum absolute atomic E-state index is 12.1. The van der Waals surface area contributed by atoms with Gasteiger partial charge in [-0.15, -0.1) is 0 Å². The number of methoxy groups -OCH3 is 1. The zero-order valence-electron chi connectivity index (χ0n) is 12.1. The van der Waals surface area contributed by atoms with Crippen molar-refractivity contribution in [2.45, 2.75) is 38.8 Å². The van der Waals surface area contributed by atoms with Gasteiger partial charge in [-0.3, -0.25) is 4.79 Å². The van der Waals surface area contributed by atoms with Crippen LogP contribution in [0.1, 0.15) is 26.7 Å². The van der Waals surface area contributed by atoms with Crippen molar-refractivity contribution in [3.05, 3.63) is 21.0 Å². The third kappa shape index (κ3) is 4.29. The molecule has 0 aliphatic carbocycles. The van der Waals surface area contributed by atoms with E-state index in [2.05, 4.69) is 26.3 Å². The summed E-state index contributed by atoms with van der Waals surface area (Å²) in [7, 11) is 1.58. The number of hydrogen-bond donors (Lipinski definition) is 2. The highest BCUT2D eigenvalue weighted by molar-refractivity contribution is 9.10. The smallest absolute Gasteiger partial charge is 0.283 e. The van der Waals surface area contributed by atoms with Crippen molar-refractivity contribution in [1.82, 2.24) is 9.78 Å². The molecular weight excluding hydrogens is 326 g/mol. The molecule has 0 aromatic carbocycles. The number of aromatic nitrogens is 2. The molecular formula is C13H22BrN3O3. The fourth-order valence-electron chi connectivity index (χ4n) is 1.69. The van der Waals surface area contributed by atoms with Gasteiger partial charge in [0.1, 0.15) is 4.47 Å². The summed E-state index contributed by atoms with van der Waals surface area (Å²) >= 11 is 3.28. The zero-order valence-corrected chi connectivity index (χ0v) is 13.7. The molecule has 7 heteroatoms. The quantitative estimate of drug-likeness (QED) is 0.747. The summed E-state index contributed by atoms with van der Waals surface area (Å²) in [5, 5.41) is 17.4. The normalized spacial score (nSPS) is 11.7. The predicted molar refractivity (Wildman–Crippen MR) is 82.1 cm³/mol. The van der Waals surface area contributed by atoms with Gasteiger partial charge in [0.15, 0.2) is 0 Å². The van der Waals surface area contributed by atoms with Crippen LogP contribution in [0.3, 0.4) is 0 Å². The first-order valence-corrected chi connectivity index (χ1v) is 7.47. The van der Waals surface area contributed by atoms with E-state index in [0.29, 0.717) is 42.7 Å². The van der Waals surface area contributed by atoms with E-state index in [1.165, 1.54) is 4.68 Å². The number of hydrogen-bond acceptors (Lipinski definition) is 5. The van der Waals surface area contributed by atoms with Crippen molar-refractivity contribution in [3.63, 3.8) is 0 Å². The summed E-state index contributed by atoms with van der Waals surface area (Å²) in [4.78, 5) is 12.1. The van der Waals surface area contributed by atoms with Crippen LogP contribution in [0.2, 0.25) is 0 Å². The molecule has 20 heavy (non-hydrogen) atoms. The van der Waals surface area contributed by atoms with Crippen molar-refractivity contribution >= 4 is 21.6 Å². The van der Waals surface area contributed by atoms with Gasteiger partial charge in [-0.1, -0.05) is 13.8 Å². The van der Waals surface area contributed by atoms with Crippen molar-refractivity contribution in [2.75, 3.05) is 25.6 Å². The van der Waals surface area contributed by atoms with Crippen LogP contribution in [0, 0.1) is 0 Å². The Hall–Kier alpha value is -0.920. The average molecular weight is 348 g/mol. The Morgan fingerprint density at radius 1 is 1.50 bits per heavy atom. The average Bonchev–Trinajstić information content (AvgIpc) is 2.47. The topological polar surface area (TPSA) is 76.4 Å². The van der Waals surface area contributed by atoms with Gasteiger partial charge in [-0.25, -0.2) is 4.68 Å². The molecule has 1 aromatic rings. The molecule has 0 aliphatic rings. The van der Waals surface area contributed by atoms with Crippen LogP contribution in [0.5, 0.6) is 0 Å². The van der Waals surface area contributed by atoms with E-state index in [1.54, 1.807) is 13.3 Å². The number of rotatable bonds is 8. The number of nitrogens with zero attached hydrogens (tertiary/aromatic N) is 2. The number of aliphatic hydroxyl groups is 1. The van der Waals surface area contributed by atoms with E-state index in [9.17, 15) is 9.90 Å². The second kappa shape index (κ2) is 7.75. The van der Waals surface area contributed by atoms with Gasteiger partial charge in [0.25, 0.3) is 5.56 Å². The summed E-state index contributed by atoms with van der Waals surface area (Å²) in [5.74, 6) is 0. The highest BCUT2D eigenvalue weighted by Gasteiger charge is 2.22. The Labute approximate surface area is 127 Å². The van der Waals surface area contributed by atoms with Crippen molar-refractivity contribution in [1.29, 1.82) is 0 Å². The molecule has 0 bridgehead atoms. The molecule has 1 aromatic heterocycles. The van der Waals surface area contributed by atoms with E-state index < -0.39 is 5.60 Å². The van der Waals surface area contributed by atoms with E-state index >= 15 is 0 Å². The van der Waals surface area contributed by atoms with E-state index in [-0.39, 0.29) is 5.56 Å². The number of halogens is 1. The van der Waals surface area contributed by atoms with Gasteiger partial charge in [-0.05, 0) is 28.8 Å². The molecule has 114 valence electrons. The maximum Gasteiger partial charge on any atom is 0.283 e. The first-order valence-electron chi connectivity index (χ1n) is 6.68. The monoisotopic (exact) mass is 347 g/mol. The number of anilines is 1. The van der Waals surface area contributed by atoms with Crippen LogP contribution in [0.25, 0.3) is 0 Å². The number of nitrogens with one attached hydrogen (secondary N) is 1. The lowest BCUT2D eigenvalue weighted by Crippen LogP contribution is -2.36. The van der Waals surface area contributed by atoms with Crippen molar-refractivity contribution < 1.29 is 9.84 Å². The largest absolute Gasteiger partial charge is 0.388 e. The SMILES string of the molecule is CCC(O)(CC)CNc1cnn(CCOC)c(=O)c1Br. The lowest BCUT2D eigenvalue weighted by molar-refractivity contribution is 0.0457. The minimum atomic E-state index is -0.773. The predicted octanol–water partition coefficient (Wildman–Crippen LogP) is 1.62. The Kier molecular flexibility index (Phi) is 6.64. The van der Waals surface area contributed by atoms with Gasteiger partial charge in [0, 0.05) is 13.7 Å². The number of ether oxygens (including phenoxy) is 1. The van der Waals surface area contributed by atoms with Crippen molar-refractivity contribution in [3.8, 4) is 0 Å². The second-order valence-corrected chi connectivity index (χ2v) is 5.47. The molecule has 0 saturated carbocycles. The molecule has 0 aliphatic heterocycles. The van der Waals surface area contributed by atoms with E-state index in [1.807, 2.05) is 13.8 Å². The van der Waals surface area contributed by atoms with Crippen LogP contribution >= 0.6 is 15.9 Å². The summed E-state index contributed by atoms with van der Waals surface area (Å²) in [6.45, 7) is 5.07. The Morgan fingerprint density at radius 2 is 2.15 bits per heavy atom. The van der Waals surface area contributed by atoms with Crippen LogP contribution < -0.4 is 10.9 Å². The van der Waals surface area contributed by atoms with Crippen molar-refractivity contribution in [2.24, 2.45) is 0 Å². The minimum absolute atomic E-state index is 0.219. The van der Waals surface area contributed by atoms with Gasteiger partial charge in [-0.2, -0.15) is 5.10 Å². The molecule has 0 saturated heterocycles. The molecule has 1 heterocycles. The highest BCUT2D eigenvalue weighted by atomic mass is 79.9. The minimum Gasteiger partial charge on any atom is -0.388 e. The van der Waals surface area contributed by atoms with E-state index in [4.69, 9.17) is 4.74 Å². The van der Waals surface area contributed by atoms with Gasteiger partial charge in [0.05, 0.1) is 30.6 Å². The lowest BCUT2D eigenvalue weighted by atomic mass is 9.97. The summed E-state index contributed by atoms with van der Waals surface area (Å²) in [6, 6.07) is 0. The third-order valence-corrected chi connectivity index (χ3v) is 4.18. The fraction of sp³-hybridized carbons (Fsp3) is 0.692. The molecule has 0 atom stereocenters. The van der Waals surface area contributed by atoms with Gasteiger partial charge >= 0.3 is 0 Å². The summed E-state index contributed by atoms with van der Waals surface area (Å²) in [5.41, 5.74) is -0.405. The first kappa shape index (κ1) is 17.1. The summed E-state index contributed by atoms with van der Waals surface area (Å²) in [6.07, 6.45) is 2.87. The van der Waals surface area contributed by atoms with Crippen LogP contribution in [-0.4, -0.2) is 40.7 Å². The Balaban J connectivity index is 2.83. The molecule has 2 N–H and O–H groups in total. The van der Waals surface area contributed by atoms with Crippen LogP contribution in [-0.2, 0) is 11.3 Å². The zero-order chi connectivity index (χ0) is 15.2. The third-order valence-electron chi connectivity index (χ3n) is 3.42. The van der Waals surface area contributed by atoms with Gasteiger partial charge in [0.2, 0.25) is 0 Å². The molecule has 0 fully saturated rings. The lowest BCUT2D eigenvalue weighted by Gasteiger charge is -2.26. The first-order chi connectivity index (χ1) is 9.47. The Bertz CT molecular complexity index is 486.